The van der Waals surface area contributed by atoms with Gasteiger partial charge in [0.1, 0.15) is 6.61 Å². The van der Waals surface area contributed by atoms with Gasteiger partial charge in [-0.2, -0.15) is 0 Å². The van der Waals surface area contributed by atoms with Crippen LogP contribution in [0.2, 0.25) is 0 Å². The Morgan fingerprint density at radius 3 is 2.38 bits per heavy atom. The summed E-state index contributed by atoms with van der Waals surface area (Å²) in [5, 5.41) is 0. The van der Waals surface area contributed by atoms with Gasteiger partial charge in [0.2, 0.25) is 0 Å². The summed E-state index contributed by atoms with van der Waals surface area (Å²) in [6.07, 6.45) is 4.01. The summed E-state index contributed by atoms with van der Waals surface area (Å²) in [5.74, 6) is -0.0517. The van der Waals surface area contributed by atoms with Crippen molar-refractivity contribution in [3.8, 4) is 0 Å². The molecular formula is C18H36N4O2. The lowest BCUT2D eigenvalue weighted by Crippen LogP contribution is -2.52. The first-order chi connectivity index (χ1) is 11.5. The van der Waals surface area contributed by atoms with Crippen LogP contribution >= 0.6 is 0 Å². The third-order valence-corrected chi connectivity index (χ3v) is 5.27. The highest BCUT2D eigenvalue weighted by Crippen LogP contribution is 2.18. The number of carbonyl (C=O) groups is 1. The van der Waals surface area contributed by atoms with Crippen molar-refractivity contribution in [3.63, 3.8) is 0 Å². The number of likely N-dealkylation sites (tertiary alicyclic amines) is 1. The van der Waals surface area contributed by atoms with E-state index in [0.29, 0.717) is 13.0 Å². The van der Waals surface area contributed by atoms with Crippen molar-refractivity contribution in [1.82, 2.24) is 19.6 Å². The first kappa shape index (κ1) is 19.6. The zero-order chi connectivity index (χ0) is 17.4. The molecule has 0 aliphatic carbocycles. The van der Waals surface area contributed by atoms with Crippen LogP contribution in [0.1, 0.15) is 25.7 Å². The van der Waals surface area contributed by atoms with E-state index in [9.17, 15) is 4.79 Å². The molecule has 0 aromatic heterocycles. The van der Waals surface area contributed by atoms with Crippen LogP contribution in [0.25, 0.3) is 0 Å². The summed E-state index contributed by atoms with van der Waals surface area (Å²) in [6.45, 7) is 9.53. The van der Waals surface area contributed by atoms with Crippen molar-refractivity contribution in [2.45, 2.75) is 31.7 Å². The van der Waals surface area contributed by atoms with Gasteiger partial charge in [-0.05, 0) is 60.0 Å². The average Bonchev–Trinajstić information content (AvgIpc) is 2.56. The van der Waals surface area contributed by atoms with Crippen LogP contribution in [0.5, 0.6) is 0 Å². The lowest BCUT2D eigenvalue weighted by Gasteiger charge is -2.42. The zero-order valence-corrected chi connectivity index (χ0v) is 15.9. The minimum atomic E-state index is -0.0517. The number of esters is 1. The molecule has 2 fully saturated rings. The SMILES string of the molecule is CN(C)CCOC(=O)CCCN1CCC(N2CCN(C)CC2)CC1. The third-order valence-electron chi connectivity index (χ3n) is 5.27. The highest BCUT2D eigenvalue weighted by atomic mass is 16.5. The molecule has 0 amide bonds. The van der Waals surface area contributed by atoms with Gasteiger partial charge in [0.15, 0.2) is 0 Å². The maximum atomic E-state index is 11.7. The van der Waals surface area contributed by atoms with Crippen LogP contribution in [-0.2, 0) is 9.53 Å². The van der Waals surface area contributed by atoms with Crippen LogP contribution in [0.15, 0.2) is 0 Å². The Bertz CT molecular complexity index is 362. The maximum Gasteiger partial charge on any atom is 0.305 e. The van der Waals surface area contributed by atoms with Crippen molar-refractivity contribution in [3.05, 3.63) is 0 Å². The number of likely N-dealkylation sites (N-methyl/N-ethyl adjacent to an activating group) is 2. The second-order valence-electron chi connectivity index (χ2n) is 7.54. The molecule has 6 nitrogen and oxygen atoms in total. The standard InChI is InChI=1S/C18H36N4O2/c1-19(2)15-16-24-18(23)5-4-8-21-9-6-17(7-10-21)22-13-11-20(3)12-14-22/h17H,4-16H2,1-3H3. The molecule has 140 valence electrons. The number of piperidine rings is 1. The largest absolute Gasteiger partial charge is 0.464 e. The molecule has 0 saturated carbocycles. The number of piperazine rings is 1. The summed E-state index contributed by atoms with van der Waals surface area (Å²) in [6, 6.07) is 0.769. The van der Waals surface area contributed by atoms with E-state index in [0.717, 1.165) is 25.6 Å². The summed E-state index contributed by atoms with van der Waals surface area (Å²) in [7, 11) is 6.19. The monoisotopic (exact) mass is 340 g/mol. The highest BCUT2D eigenvalue weighted by Gasteiger charge is 2.26. The second kappa shape index (κ2) is 10.3. The van der Waals surface area contributed by atoms with E-state index in [2.05, 4.69) is 21.7 Å². The quantitative estimate of drug-likeness (QED) is 0.602. The summed E-state index contributed by atoms with van der Waals surface area (Å²) in [5.41, 5.74) is 0. The van der Waals surface area contributed by atoms with Gasteiger partial charge in [0.25, 0.3) is 0 Å². The second-order valence-corrected chi connectivity index (χ2v) is 7.54. The molecule has 0 radical (unpaired) electrons. The van der Waals surface area contributed by atoms with Crippen LogP contribution in [-0.4, -0.2) is 112 Å². The Morgan fingerprint density at radius 2 is 1.75 bits per heavy atom. The maximum absolute atomic E-state index is 11.7. The molecule has 0 N–H and O–H groups in total. The number of rotatable bonds is 8. The number of carbonyl (C=O) groups excluding carboxylic acids is 1. The Balaban J connectivity index is 1.52. The van der Waals surface area contributed by atoms with Gasteiger partial charge >= 0.3 is 5.97 Å². The molecule has 2 rings (SSSR count). The first-order valence-corrected chi connectivity index (χ1v) is 9.50. The Morgan fingerprint density at radius 1 is 1.08 bits per heavy atom. The normalized spacial score (nSPS) is 22.2. The fourth-order valence-electron chi connectivity index (χ4n) is 3.56. The number of nitrogens with zero attached hydrogens (tertiary/aromatic N) is 4. The van der Waals surface area contributed by atoms with Crippen LogP contribution in [0.4, 0.5) is 0 Å². The number of hydrogen-bond acceptors (Lipinski definition) is 6. The van der Waals surface area contributed by atoms with E-state index in [4.69, 9.17) is 4.74 Å². The highest BCUT2D eigenvalue weighted by molar-refractivity contribution is 5.69. The topological polar surface area (TPSA) is 39.3 Å². The number of ether oxygens (including phenoxy) is 1. The summed E-state index contributed by atoms with van der Waals surface area (Å²) < 4.78 is 5.24. The van der Waals surface area contributed by atoms with Gasteiger partial charge in [-0.3, -0.25) is 9.69 Å². The fraction of sp³-hybridized carbons (Fsp3) is 0.944. The Kier molecular flexibility index (Phi) is 8.45. The van der Waals surface area contributed by atoms with Crippen LogP contribution in [0.3, 0.4) is 0 Å². The molecular weight excluding hydrogens is 304 g/mol. The van der Waals surface area contributed by atoms with E-state index in [1.807, 2.05) is 19.0 Å². The first-order valence-electron chi connectivity index (χ1n) is 9.50. The molecule has 0 spiro atoms. The molecule has 24 heavy (non-hydrogen) atoms. The summed E-state index contributed by atoms with van der Waals surface area (Å²) in [4.78, 5) is 21.3. The van der Waals surface area contributed by atoms with E-state index in [1.165, 1.54) is 52.1 Å². The minimum Gasteiger partial charge on any atom is -0.464 e. The van der Waals surface area contributed by atoms with Gasteiger partial charge in [-0.25, -0.2) is 0 Å². The average molecular weight is 341 g/mol. The fourth-order valence-corrected chi connectivity index (χ4v) is 3.56. The predicted molar refractivity (Wildman–Crippen MR) is 97.3 cm³/mol. The van der Waals surface area contributed by atoms with Crippen LogP contribution in [0, 0.1) is 0 Å². The Hall–Kier alpha value is -0.690. The third kappa shape index (κ3) is 7.05. The lowest BCUT2D eigenvalue weighted by atomic mass is 10.0. The van der Waals surface area contributed by atoms with Gasteiger partial charge < -0.3 is 19.4 Å². The van der Waals surface area contributed by atoms with Gasteiger partial charge in [0, 0.05) is 45.2 Å². The van der Waals surface area contributed by atoms with E-state index < -0.39 is 0 Å². The number of hydrogen-bond donors (Lipinski definition) is 0. The molecule has 2 aliphatic rings. The van der Waals surface area contributed by atoms with E-state index >= 15 is 0 Å². The molecule has 0 atom stereocenters. The Labute approximate surface area is 147 Å². The van der Waals surface area contributed by atoms with E-state index in [1.54, 1.807) is 0 Å². The molecule has 2 aliphatic heterocycles. The predicted octanol–water partition coefficient (Wildman–Crippen LogP) is 0.583. The minimum absolute atomic E-state index is 0.0517. The van der Waals surface area contributed by atoms with Crippen molar-refractivity contribution in [2.24, 2.45) is 0 Å². The molecule has 2 heterocycles. The van der Waals surface area contributed by atoms with Crippen molar-refractivity contribution in [1.29, 1.82) is 0 Å². The molecule has 6 heteroatoms. The van der Waals surface area contributed by atoms with E-state index in [-0.39, 0.29) is 5.97 Å². The summed E-state index contributed by atoms with van der Waals surface area (Å²) >= 11 is 0. The van der Waals surface area contributed by atoms with Crippen molar-refractivity contribution < 1.29 is 9.53 Å². The zero-order valence-electron chi connectivity index (χ0n) is 15.9. The molecule has 0 aromatic rings. The molecule has 0 bridgehead atoms. The molecule has 2 saturated heterocycles. The molecule has 0 unspecified atom stereocenters. The van der Waals surface area contributed by atoms with Crippen molar-refractivity contribution in [2.75, 3.05) is 80.1 Å². The smallest absolute Gasteiger partial charge is 0.305 e. The van der Waals surface area contributed by atoms with Gasteiger partial charge in [0.05, 0.1) is 0 Å². The lowest BCUT2D eigenvalue weighted by molar-refractivity contribution is -0.144. The van der Waals surface area contributed by atoms with Crippen LogP contribution < -0.4 is 0 Å². The van der Waals surface area contributed by atoms with Crippen molar-refractivity contribution >= 4 is 5.97 Å². The molecule has 0 aromatic carbocycles. The van der Waals surface area contributed by atoms with Gasteiger partial charge in [-0.1, -0.05) is 0 Å². The van der Waals surface area contributed by atoms with Gasteiger partial charge in [-0.15, -0.1) is 0 Å².